The van der Waals surface area contributed by atoms with Crippen LogP contribution in [0.15, 0.2) is 46.8 Å². The van der Waals surface area contributed by atoms with E-state index in [2.05, 4.69) is 15.0 Å². The number of carbonyl (C=O) groups is 2. The highest BCUT2D eigenvalue weighted by Gasteiger charge is 2.47. The Morgan fingerprint density at radius 3 is 2.38 bits per heavy atom. The number of alkyl halides is 3. The maximum atomic E-state index is 13.1. The van der Waals surface area contributed by atoms with Crippen molar-refractivity contribution in [3.63, 3.8) is 0 Å². The van der Waals surface area contributed by atoms with Crippen molar-refractivity contribution in [2.45, 2.75) is 38.6 Å². The lowest BCUT2D eigenvalue weighted by Gasteiger charge is -2.34. The van der Waals surface area contributed by atoms with E-state index in [-0.39, 0.29) is 37.3 Å². The molecule has 40 heavy (non-hydrogen) atoms. The number of urea groups is 1. The second kappa shape index (κ2) is 10.6. The number of amidine groups is 1. The molecule has 1 fully saturated rings. The summed E-state index contributed by atoms with van der Waals surface area (Å²) >= 11 is 0. The average molecular weight is 580 g/mol. The summed E-state index contributed by atoms with van der Waals surface area (Å²) in [7, 11) is -2.30. The van der Waals surface area contributed by atoms with Gasteiger partial charge in [0.05, 0.1) is 0 Å². The van der Waals surface area contributed by atoms with Crippen molar-refractivity contribution in [2.75, 3.05) is 25.0 Å². The van der Waals surface area contributed by atoms with Crippen LogP contribution in [-0.4, -0.2) is 62.5 Å². The van der Waals surface area contributed by atoms with E-state index in [4.69, 9.17) is 5.73 Å². The summed E-state index contributed by atoms with van der Waals surface area (Å²) in [4.78, 5) is 30.1. The van der Waals surface area contributed by atoms with Crippen LogP contribution in [0.1, 0.15) is 35.1 Å². The number of amides is 3. The van der Waals surface area contributed by atoms with Crippen LogP contribution in [0.4, 0.5) is 23.7 Å². The molecule has 10 nitrogen and oxygen atoms in total. The van der Waals surface area contributed by atoms with Crippen molar-refractivity contribution in [1.82, 2.24) is 9.62 Å². The van der Waals surface area contributed by atoms with Crippen LogP contribution in [0.3, 0.4) is 0 Å². The molecule has 0 saturated carbocycles. The number of aliphatic imine (C=N–C) groups is 1. The summed E-state index contributed by atoms with van der Waals surface area (Å²) in [6, 6.07) is 7.95. The molecule has 2 aliphatic rings. The van der Waals surface area contributed by atoms with Crippen LogP contribution in [0.25, 0.3) is 6.08 Å². The van der Waals surface area contributed by atoms with Gasteiger partial charge in [0.25, 0.3) is 5.91 Å². The number of piperidine rings is 1. The molecule has 0 aliphatic carbocycles. The van der Waals surface area contributed by atoms with Gasteiger partial charge < -0.3 is 15.8 Å². The zero-order valence-electron chi connectivity index (χ0n) is 21.9. The zero-order valence-corrected chi connectivity index (χ0v) is 22.8. The standard InChI is InChI=1S/C26H28F3N5O5S/c1-16-13-19(33(3)24(30)36)14-17(2)21(16)7-12-40(37,38)34-10-8-25(9-11-34)23(35)31-22(32-25)18-5-4-6-20(15-18)39-26(27,28)29/h4-7,12-15H,8-11H2,1-3H3,(H2,30,36)(H,31,32,35)/b12-7+. The Morgan fingerprint density at radius 1 is 1.18 bits per heavy atom. The second-order valence-electron chi connectivity index (χ2n) is 9.66. The van der Waals surface area contributed by atoms with Crippen molar-refractivity contribution in [1.29, 1.82) is 0 Å². The molecule has 2 aliphatic heterocycles. The minimum atomic E-state index is -4.87. The minimum Gasteiger partial charge on any atom is -0.406 e. The summed E-state index contributed by atoms with van der Waals surface area (Å²) in [6.07, 6.45) is -3.18. The van der Waals surface area contributed by atoms with Gasteiger partial charge in [0.1, 0.15) is 17.1 Å². The van der Waals surface area contributed by atoms with Gasteiger partial charge in [0.15, 0.2) is 0 Å². The summed E-state index contributed by atoms with van der Waals surface area (Å²) in [5.41, 5.74) is 7.12. The molecule has 2 heterocycles. The number of hydrogen-bond acceptors (Lipinski definition) is 6. The average Bonchev–Trinajstić information content (AvgIpc) is 3.17. The molecule has 0 unspecified atom stereocenters. The highest BCUT2D eigenvalue weighted by Crippen LogP contribution is 2.33. The van der Waals surface area contributed by atoms with Gasteiger partial charge in [0, 0.05) is 36.8 Å². The smallest absolute Gasteiger partial charge is 0.406 e. The van der Waals surface area contributed by atoms with Crippen molar-refractivity contribution < 1.29 is 35.9 Å². The Kier molecular flexibility index (Phi) is 7.69. The lowest BCUT2D eigenvalue weighted by molar-refractivity contribution is -0.274. The first-order valence-electron chi connectivity index (χ1n) is 12.2. The molecule has 1 spiro atoms. The van der Waals surface area contributed by atoms with E-state index in [0.717, 1.165) is 28.7 Å². The van der Waals surface area contributed by atoms with Crippen LogP contribution in [0.5, 0.6) is 5.75 Å². The SMILES string of the molecule is Cc1cc(N(C)C(N)=O)cc(C)c1/C=C/S(=O)(=O)N1CCC2(CC1)N=C(c1cccc(OC(F)(F)F)c1)NC2=O. The van der Waals surface area contributed by atoms with Gasteiger partial charge in [-0.05, 0) is 73.7 Å². The quantitative estimate of drug-likeness (QED) is 0.541. The van der Waals surface area contributed by atoms with Crippen LogP contribution in [0, 0.1) is 13.8 Å². The highest BCUT2D eigenvalue weighted by atomic mass is 32.2. The third kappa shape index (κ3) is 6.12. The molecule has 3 N–H and O–H groups in total. The molecular weight excluding hydrogens is 551 g/mol. The Morgan fingerprint density at radius 2 is 1.80 bits per heavy atom. The number of aryl methyl sites for hydroxylation is 2. The molecule has 0 atom stereocenters. The normalized spacial score (nSPS) is 17.6. The molecule has 2 aromatic carbocycles. The Balaban J connectivity index is 1.48. The Labute approximate surface area is 229 Å². The predicted octanol–water partition coefficient (Wildman–Crippen LogP) is 3.43. The van der Waals surface area contributed by atoms with E-state index < -0.39 is 39.6 Å². The number of ether oxygens (including phenoxy) is 1. The lowest BCUT2D eigenvalue weighted by atomic mass is 9.89. The summed E-state index contributed by atoms with van der Waals surface area (Å²) in [5.74, 6) is -0.787. The third-order valence-corrected chi connectivity index (χ3v) is 8.50. The molecule has 0 aromatic heterocycles. The molecule has 3 amide bonds. The number of carbonyl (C=O) groups excluding carboxylic acids is 2. The van der Waals surface area contributed by atoms with Crippen LogP contribution in [0.2, 0.25) is 0 Å². The van der Waals surface area contributed by atoms with Crippen molar-refractivity contribution in [3.05, 3.63) is 64.1 Å². The lowest BCUT2D eigenvalue weighted by Crippen LogP contribution is -2.50. The zero-order chi connectivity index (χ0) is 29.5. The van der Waals surface area contributed by atoms with Crippen LogP contribution < -0.4 is 20.7 Å². The molecule has 214 valence electrons. The molecule has 1 saturated heterocycles. The number of primary amides is 1. The Bertz CT molecular complexity index is 1490. The molecule has 14 heteroatoms. The fourth-order valence-corrected chi connectivity index (χ4v) is 5.89. The van der Waals surface area contributed by atoms with E-state index in [1.807, 2.05) is 0 Å². The van der Waals surface area contributed by atoms with Crippen molar-refractivity contribution in [2.24, 2.45) is 10.7 Å². The highest BCUT2D eigenvalue weighted by molar-refractivity contribution is 7.92. The maximum Gasteiger partial charge on any atom is 0.573 e. The van der Waals surface area contributed by atoms with E-state index in [1.54, 1.807) is 26.0 Å². The van der Waals surface area contributed by atoms with Crippen LogP contribution >= 0.6 is 0 Å². The van der Waals surface area contributed by atoms with Crippen LogP contribution in [-0.2, 0) is 14.8 Å². The fraction of sp³-hybridized carbons (Fsp3) is 0.346. The fourth-order valence-electron chi connectivity index (χ4n) is 4.72. The van der Waals surface area contributed by atoms with Gasteiger partial charge in [-0.15, -0.1) is 13.2 Å². The first kappa shape index (κ1) is 29.1. The largest absolute Gasteiger partial charge is 0.573 e. The Hall–Kier alpha value is -3.91. The van der Waals surface area contributed by atoms with Crippen molar-refractivity contribution in [3.8, 4) is 5.75 Å². The van der Waals surface area contributed by atoms with Gasteiger partial charge in [0.2, 0.25) is 10.0 Å². The second-order valence-corrected chi connectivity index (χ2v) is 11.5. The number of nitrogens with two attached hydrogens (primary N) is 1. The molecular formula is C26H28F3N5O5S. The van der Waals surface area contributed by atoms with Gasteiger partial charge in [-0.2, -0.15) is 4.31 Å². The number of benzene rings is 2. The summed E-state index contributed by atoms with van der Waals surface area (Å²) in [5, 5.41) is 3.72. The molecule has 2 aromatic rings. The molecule has 4 rings (SSSR count). The summed E-state index contributed by atoms with van der Waals surface area (Å²) in [6.45, 7) is 3.63. The number of anilines is 1. The third-order valence-electron chi connectivity index (χ3n) is 6.93. The minimum absolute atomic E-state index is 0.0222. The molecule has 0 radical (unpaired) electrons. The maximum absolute atomic E-state index is 13.1. The molecule has 0 bridgehead atoms. The number of hydrogen-bond donors (Lipinski definition) is 2. The number of rotatable bonds is 6. The number of nitrogens with one attached hydrogen (secondary N) is 1. The topological polar surface area (TPSA) is 134 Å². The van der Waals surface area contributed by atoms with Gasteiger partial charge in [-0.25, -0.2) is 13.2 Å². The van der Waals surface area contributed by atoms with Gasteiger partial charge >= 0.3 is 12.4 Å². The number of halogens is 3. The van der Waals surface area contributed by atoms with E-state index >= 15 is 0 Å². The summed E-state index contributed by atoms with van der Waals surface area (Å²) < 4.78 is 69.2. The number of nitrogens with zero attached hydrogens (tertiary/aromatic N) is 3. The van der Waals surface area contributed by atoms with E-state index in [0.29, 0.717) is 11.3 Å². The predicted molar refractivity (Wildman–Crippen MR) is 143 cm³/mol. The van der Waals surface area contributed by atoms with E-state index in [1.165, 1.54) is 34.5 Å². The van der Waals surface area contributed by atoms with Crippen molar-refractivity contribution >= 4 is 39.6 Å². The van der Waals surface area contributed by atoms with Gasteiger partial charge in [-0.1, -0.05) is 12.1 Å². The number of sulfonamides is 1. The van der Waals surface area contributed by atoms with Gasteiger partial charge in [-0.3, -0.25) is 14.7 Å². The first-order valence-corrected chi connectivity index (χ1v) is 13.7. The monoisotopic (exact) mass is 579 g/mol. The first-order chi connectivity index (χ1) is 18.6. The van der Waals surface area contributed by atoms with E-state index in [9.17, 15) is 31.2 Å².